The van der Waals surface area contributed by atoms with Crippen molar-refractivity contribution in [1.82, 2.24) is 9.80 Å². The molecular weight excluding hydrogens is 294 g/mol. The summed E-state index contributed by atoms with van der Waals surface area (Å²) < 4.78 is 5.37. The van der Waals surface area contributed by atoms with E-state index in [4.69, 9.17) is 10.5 Å². The van der Waals surface area contributed by atoms with Crippen molar-refractivity contribution in [1.29, 1.82) is 0 Å². The van der Waals surface area contributed by atoms with Crippen LogP contribution in [-0.2, 0) is 16.1 Å². The van der Waals surface area contributed by atoms with Crippen molar-refractivity contribution in [3.05, 3.63) is 35.9 Å². The van der Waals surface area contributed by atoms with Crippen molar-refractivity contribution in [2.45, 2.75) is 32.4 Å². The molecule has 1 aliphatic heterocycles. The molecule has 1 atom stereocenters. The maximum Gasteiger partial charge on any atom is 0.410 e. The van der Waals surface area contributed by atoms with E-state index in [0.717, 1.165) is 24.9 Å². The monoisotopic (exact) mass is 319 g/mol. The minimum atomic E-state index is -0.344. The average molecular weight is 319 g/mol. The molecule has 2 rings (SSSR count). The van der Waals surface area contributed by atoms with Crippen molar-refractivity contribution < 1.29 is 14.3 Å². The van der Waals surface area contributed by atoms with Crippen LogP contribution in [0.1, 0.15) is 25.3 Å². The number of ether oxygens (including phenoxy) is 1. The highest BCUT2D eigenvalue weighted by Crippen LogP contribution is 2.18. The zero-order chi connectivity index (χ0) is 16.7. The van der Waals surface area contributed by atoms with Crippen molar-refractivity contribution in [2.24, 2.45) is 5.73 Å². The van der Waals surface area contributed by atoms with Crippen LogP contribution in [0.25, 0.3) is 0 Å². The molecule has 2 N–H and O–H groups in total. The van der Waals surface area contributed by atoms with E-state index in [1.807, 2.05) is 37.3 Å². The molecule has 6 nitrogen and oxygen atoms in total. The molecule has 2 amide bonds. The van der Waals surface area contributed by atoms with Gasteiger partial charge in [0.1, 0.15) is 6.61 Å². The van der Waals surface area contributed by atoms with E-state index in [1.54, 1.807) is 9.80 Å². The molecule has 0 spiro atoms. The highest BCUT2D eigenvalue weighted by atomic mass is 16.6. The molecular formula is C17H25N3O3. The van der Waals surface area contributed by atoms with Crippen molar-refractivity contribution >= 4 is 12.0 Å². The third-order valence-corrected chi connectivity index (χ3v) is 4.15. The van der Waals surface area contributed by atoms with E-state index in [0.29, 0.717) is 13.1 Å². The van der Waals surface area contributed by atoms with Gasteiger partial charge in [-0.25, -0.2) is 4.79 Å². The number of amides is 2. The van der Waals surface area contributed by atoms with E-state index < -0.39 is 0 Å². The number of likely N-dealkylation sites (N-methyl/N-ethyl adjacent to an activating group) is 1. The molecule has 0 bridgehead atoms. The summed E-state index contributed by atoms with van der Waals surface area (Å²) in [5, 5.41) is 0. The summed E-state index contributed by atoms with van der Waals surface area (Å²) in [6.45, 7) is 3.95. The van der Waals surface area contributed by atoms with Crippen LogP contribution in [0, 0.1) is 0 Å². The highest BCUT2D eigenvalue weighted by molar-refractivity contribution is 5.78. The van der Waals surface area contributed by atoms with Gasteiger partial charge < -0.3 is 20.3 Å². The maximum atomic E-state index is 12.3. The van der Waals surface area contributed by atoms with Gasteiger partial charge in [0.15, 0.2) is 0 Å². The molecule has 23 heavy (non-hydrogen) atoms. The zero-order valence-corrected chi connectivity index (χ0v) is 13.6. The lowest BCUT2D eigenvalue weighted by Crippen LogP contribution is -2.47. The molecule has 0 aromatic heterocycles. The number of hydrogen-bond acceptors (Lipinski definition) is 4. The number of nitrogens with two attached hydrogens (primary N) is 1. The summed E-state index contributed by atoms with van der Waals surface area (Å²) in [6.07, 6.45) is 1.50. The first kappa shape index (κ1) is 17.3. The Labute approximate surface area is 137 Å². The van der Waals surface area contributed by atoms with Gasteiger partial charge in [0.25, 0.3) is 0 Å². The minimum Gasteiger partial charge on any atom is -0.445 e. The number of benzene rings is 1. The Bertz CT molecular complexity index is 521. The number of likely N-dealkylation sites (tertiary alicyclic amines) is 1. The van der Waals surface area contributed by atoms with Crippen LogP contribution in [0.5, 0.6) is 0 Å². The average Bonchev–Trinajstić information content (AvgIpc) is 3.06. The van der Waals surface area contributed by atoms with Crippen molar-refractivity contribution in [3.8, 4) is 0 Å². The van der Waals surface area contributed by atoms with E-state index in [9.17, 15) is 9.59 Å². The Morgan fingerprint density at radius 2 is 2.09 bits per heavy atom. The lowest BCUT2D eigenvalue weighted by molar-refractivity contribution is -0.130. The second-order valence-corrected chi connectivity index (χ2v) is 5.67. The van der Waals surface area contributed by atoms with Crippen LogP contribution < -0.4 is 5.73 Å². The number of carbonyl (C=O) groups is 2. The van der Waals surface area contributed by atoms with E-state index in [1.165, 1.54) is 0 Å². The molecule has 6 heteroatoms. The van der Waals surface area contributed by atoms with Crippen molar-refractivity contribution in [2.75, 3.05) is 26.2 Å². The molecule has 0 saturated carbocycles. The number of carbonyl (C=O) groups excluding carboxylic acids is 2. The number of hydrogen-bond donors (Lipinski definition) is 1. The predicted octanol–water partition coefficient (Wildman–Crippen LogP) is 1.59. The third kappa shape index (κ3) is 4.69. The van der Waals surface area contributed by atoms with Crippen LogP contribution in [0.15, 0.2) is 30.3 Å². The second-order valence-electron chi connectivity index (χ2n) is 5.67. The van der Waals surface area contributed by atoms with Gasteiger partial charge in [0, 0.05) is 25.7 Å². The fourth-order valence-corrected chi connectivity index (χ4v) is 2.87. The Hall–Kier alpha value is -2.08. The molecule has 1 aromatic carbocycles. The molecule has 1 aliphatic rings. The third-order valence-electron chi connectivity index (χ3n) is 4.15. The maximum absolute atomic E-state index is 12.3. The van der Waals surface area contributed by atoms with Crippen LogP contribution >= 0.6 is 0 Å². The van der Waals surface area contributed by atoms with Gasteiger partial charge in [0.2, 0.25) is 5.91 Å². The van der Waals surface area contributed by atoms with Gasteiger partial charge in [-0.3, -0.25) is 4.79 Å². The molecule has 0 radical (unpaired) electrons. The molecule has 1 saturated heterocycles. The molecule has 1 fully saturated rings. The molecule has 0 aliphatic carbocycles. The van der Waals surface area contributed by atoms with Gasteiger partial charge in [0.05, 0.1) is 6.54 Å². The van der Waals surface area contributed by atoms with Gasteiger partial charge in [-0.2, -0.15) is 0 Å². The normalized spacial score (nSPS) is 17.1. The Balaban J connectivity index is 1.88. The van der Waals surface area contributed by atoms with Gasteiger partial charge >= 0.3 is 6.09 Å². The topological polar surface area (TPSA) is 75.9 Å². The predicted molar refractivity (Wildman–Crippen MR) is 87.7 cm³/mol. The summed E-state index contributed by atoms with van der Waals surface area (Å²) in [7, 11) is 0. The van der Waals surface area contributed by atoms with E-state index in [-0.39, 0.29) is 31.2 Å². The standard InChI is InChI=1S/C17H25N3O3/c1-2-19(12-15-9-6-10-20(15)16(21)11-18)17(22)23-13-14-7-4-3-5-8-14/h3-5,7-8,15H,2,6,9-13,18H2,1H3/t15-/m0/s1. The van der Waals surface area contributed by atoms with E-state index >= 15 is 0 Å². The number of nitrogens with zero attached hydrogens (tertiary/aromatic N) is 2. The Kier molecular flexibility index (Phi) is 6.40. The summed E-state index contributed by atoms with van der Waals surface area (Å²) in [4.78, 5) is 27.5. The molecule has 1 aromatic rings. The van der Waals surface area contributed by atoms with Crippen LogP contribution in [0.3, 0.4) is 0 Å². The lowest BCUT2D eigenvalue weighted by atomic mass is 10.2. The van der Waals surface area contributed by atoms with Crippen LogP contribution in [0.4, 0.5) is 4.79 Å². The zero-order valence-electron chi connectivity index (χ0n) is 13.6. The molecule has 1 heterocycles. The fourth-order valence-electron chi connectivity index (χ4n) is 2.87. The van der Waals surface area contributed by atoms with Crippen LogP contribution in [-0.4, -0.2) is 54.0 Å². The minimum absolute atomic E-state index is 0.0150. The van der Waals surface area contributed by atoms with Crippen molar-refractivity contribution in [3.63, 3.8) is 0 Å². The Morgan fingerprint density at radius 3 is 2.74 bits per heavy atom. The van der Waals surface area contributed by atoms with Crippen LogP contribution in [0.2, 0.25) is 0 Å². The summed E-state index contributed by atoms with van der Waals surface area (Å²) in [6, 6.07) is 9.62. The van der Waals surface area contributed by atoms with Gasteiger partial charge in [-0.05, 0) is 25.3 Å². The van der Waals surface area contributed by atoms with Gasteiger partial charge in [-0.1, -0.05) is 30.3 Å². The number of rotatable bonds is 6. The SMILES string of the molecule is CCN(C[C@@H]1CCCN1C(=O)CN)C(=O)OCc1ccccc1. The summed E-state index contributed by atoms with van der Waals surface area (Å²) >= 11 is 0. The lowest BCUT2D eigenvalue weighted by Gasteiger charge is -2.29. The molecule has 0 unspecified atom stereocenters. The highest BCUT2D eigenvalue weighted by Gasteiger charge is 2.30. The first-order chi connectivity index (χ1) is 11.2. The Morgan fingerprint density at radius 1 is 1.35 bits per heavy atom. The first-order valence-electron chi connectivity index (χ1n) is 8.10. The van der Waals surface area contributed by atoms with Gasteiger partial charge in [-0.15, -0.1) is 0 Å². The van der Waals surface area contributed by atoms with E-state index in [2.05, 4.69) is 0 Å². The fraction of sp³-hybridized carbons (Fsp3) is 0.529. The first-order valence-corrected chi connectivity index (χ1v) is 8.10. The molecule has 126 valence electrons. The summed E-state index contributed by atoms with van der Waals surface area (Å²) in [5.74, 6) is -0.0544. The quantitative estimate of drug-likeness (QED) is 0.864. The smallest absolute Gasteiger partial charge is 0.410 e. The summed E-state index contributed by atoms with van der Waals surface area (Å²) in [5.41, 5.74) is 6.41. The largest absolute Gasteiger partial charge is 0.445 e. The second kappa shape index (κ2) is 8.53.